The number of ether oxygens (including phenoxy) is 2. The number of nitrogens with zero attached hydrogens (tertiary/aromatic N) is 3. The van der Waals surface area contributed by atoms with Crippen LogP contribution in [0.4, 0.5) is 0 Å². The summed E-state index contributed by atoms with van der Waals surface area (Å²) >= 11 is 0. The number of rotatable bonds is 4. The average Bonchev–Trinajstić information content (AvgIpc) is 2.83. The second-order valence-electron chi connectivity index (χ2n) is 3.81. The van der Waals surface area contributed by atoms with Gasteiger partial charge in [-0.25, -0.2) is 4.68 Å². The fourth-order valence-corrected chi connectivity index (χ4v) is 1.86. The molecule has 0 fully saturated rings. The van der Waals surface area contributed by atoms with Gasteiger partial charge >= 0.3 is 0 Å². The number of hydrogen-bond acceptors (Lipinski definition) is 5. The van der Waals surface area contributed by atoms with Crippen LogP contribution in [0.1, 0.15) is 5.56 Å². The zero-order valence-corrected chi connectivity index (χ0v) is 10.7. The molecular weight excluding hydrogens is 232 g/mol. The standard InChI is InChI=1S/C12H16N4O2/c1-16-10(7-14-15-16)9-5-12(18-3)11(17-2)4-8(9)6-13/h4-5,7H,6,13H2,1-3H3. The first-order chi connectivity index (χ1) is 8.71. The molecule has 6 heteroatoms. The Labute approximate surface area is 105 Å². The molecule has 1 aromatic carbocycles. The SMILES string of the molecule is COc1cc(CN)c(-c2cnnn2C)cc1OC. The summed E-state index contributed by atoms with van der Waals surface area (Å²) in [6, 6.07) is 3.76. The van der Waals surface area contributed by atoms with E-state index < -0.39 is 0 Å². The quantitative estimate of drug-likeness (QED) is 0.872. The zero-order chi connectivity index (χ0) is 13.1. The minimum Gasteiger partial charge on any atom is -0.493 e. The summed E-state index contributed by atoms with van der Waals surface area (Å²) in [6.07, 6.45) is 1.69. The van der Waals surface area contributed by atoms with Crippen LogP contribution in [0.25, 0.3) is 11.3 Å². The van der Waals surface area contributed by atoms with Crippen molar-refractivity contribution in [1.82, 2.24) is 15.0 Å². The summed E-state index contributed by atoms with van der Waals surface area (Å²) in [4.78, 5) is 0. The van der Waals surface area contributed by atoms with Crippen LogP contribution in [-0.2, 0) is 13.6 Å². The first kappa shape index (κ1) is 12.4. The Morgan fingerprint density at radius 3 is 2.39 bits per heavy atom. The molecule has 0 aliphatic rings. The average molecular weight is 248 g/mol. The summed E-state index contributed by atoms with van der Waals surface area (Å²) in [5.41, 5.74) is 8.56. The zero-order valence-electron chi connectivity index (χ0n) is 10.7. The molecule has 0 amide bonds. The smallest absolute Gasteiger partial charge is 0.161 e. The van der Waals surface area contributed by atoms with Gasteiger partial charge in [0.15, 0.2) is 11.5 Å². The summed E-state index contributed by atoms with van der Waals surface area (Å²) in [7, 11) is 5.04. The van der Waals surface area contributed by atoms with E-state index in [1.165, 1.54) is 0 Å². The Balaban J connectivity index is 2.62. The summed E-state index contributed by atoms with van der Waals surface area (Å²) in [5.74, 6) is 1.32. The van der Waals surface area contributed by atoms with Gasteiger partial charge < -0.3 is 15.2 Å². The lowest BCUT2D eigenvalue weighted by Crippen LogP contribution is -2.03. The largest absolute Gasteiger partial charge is 0.493 e. The number of benzene rings is 1. The molecule has 1 aromatic heterocycles. The third-order valence-electron chi connectivity index (χ3n) is 2.82. The fourth-order valence-electron chi connectivity index (χ4n) is 1.86. The monoisotopic (exact) mass is 248 g/mol. The van der Waals surface area contributed by atoms with Crippen molar-refractivity contribution in [1.29, 1.82) is 0 Å². The van der Waals surface area contributed by atoms with E-state index in [2.05, 4.69) is 10.3 Å². The van der Waals surface area contributed by atoms with Gasteiger partial charge in [-0.15, -0.1) is 5.10 Å². The van der Waals surface area contributed by atoms with Gasteiger partial charge in [-0.3, -0.25) is 0 Å². The lowest BCUT2D eigenvalue weighted by Gasteiger charge is -2.13. The third-order valence-corrected chi connectivity index (χ3v) is 2.82. The molecule has 18 heavy (non-hydrogen) atoms. The second kappa shape index (κ2) is 5.05. The number of methoxy groups -OCH3 is 2. The van der Waals surface area contributed by atoms with Gasteiger partial charge in [-0.05, 0) is 17.7 Å². The van der Waals surface area contributed by atoms with Crippen molar-refractivity contribution in [3.8, 4) is 22.8 Å². The van der Waals surface area contributed by atoms with Gasteiger partial charge in [0, 0.05) is 19.2 Å². The van der Waals surface area contributed by atoms with Gasteiger partial charge in [-0.2, -0.15) is 0 Å². The molecule has 0 atom stereocenters. The molecule has 0 aliphatic heterocycles. The van der Waals surface area contributed by atoms with Crippen LogP contribution in [0.3, 0.4) is 0 Å². The van der Waals surface area contributed by atoms with Crippen LogP contribution in [0, 0.1) is 0 Å². The molecule has 1 heterocycles. The Bertz CT molecular complexity index is 551. The predicted molar refractivity (Wildman–Crippen MR) is 67.4 cm³/mol. The van der Waals surface area contributed by atoms with E-state index in [1.54, 1.807) is 25.1 Å². The molecule has 0 spiro atoms. The molecule has 2 aromatic rings. The first-order valence-corrected chi connectivity index (χ1v) is 5.51. The second-order valence-corrected chi connectivity index (χ2v) is 3.81. The van der Waals surface area contributed by atoms with Crippen LogP contribution < -0.4 is 15.2 Å². The summed E-state index contributed by atoms with van der Waals surface area (Å²) in [5, 5.41) is 7.79. The number of hydrogen-bond donors (Lipinski definition) is 1. The van der Waals surface area contributed by atoms with Gasteiger partial charge in [0.2, 0.25) is 0 Å². The normalized spacial score (nSPS) is 10.4. The van der Waals surface area contributed by atoms with Crippen LogP contribution >= 0.6 is 0 Å². The van der Waals surface area contributed by atoms with Crippen LogP contribution in [0.5, 0.6) is 11.5 Å². The summed E-state index contributed by atoms with van der Waals surface area (Å²) in [6.45, 7) is 0.404. The number of nitrogens with two attached hydrogens (primary N) is 1. The highest BCUT2D eigenvalue weighted by atomic mass is 16.5. The van der Waals surface area contributed by atoms with Crippen molar-refractivity contribution < 1.29 is 9.47 Å². The van der Waals surface area contributed by atoms with E-state index in [0.717, 1.165) is 16.8 Å². The third kappa shape index (κ3) is 2.02. The predicted octanol–water partition coefficient (Wildman–Crippen LogP) is 0.958. The van der Waals surface area contributed by atoms with Crippen molar-refractivity contribution >= 4 is 0 Å². The number of aromatic nitrogens is 3. The molecule has 0 saturated heterocycles. The van der Waals surface area contributed by atoms with E-state index in [9.17, 15) is 0 Å². The van der Waals surface area contributed by atoms with Crippen molar-refractivity contribution in [2.75, 3.05) is 14.2 Å². The van der Waals surface area contributed by atoms with Crippen LogP contribution in [0.15, 0.2) is 18.3 Å². The molecule has 2 N–H and O–H groups in total. The first-order valence-electron chi connectivity index (χ1n) is 5.51. The molecule has 6 nitrogen and oxygen atoms in total. The lowest BCUT2D eigenvalue weighted by atomic mass is 10.0. The van der Waals surface area contributed by atoms with Crippen molar-refractivity contribution in [3.05, 3.63) is 23.9 Å². The fraction of sp³-hybridized carbons (Fsp3) is 0.333. The van der Waals surface area contributed by atoms with Gasteiger partial charge in [-0.1, -0.05) is 5.21 Å². The van der Waals surface area contributed by atoms with Gasteiger partial charge in [0.1, 0.15) is 0 Å². The van der Waals surface area contributed by atoms with Crippen LogP contribution in [0.2, 0.25) is 0 Å². The van der Waals surface area contributed by atoms with E-state index in [4.69, 9.17) is 15.2 Å². The van der Waals surface area contributed by atoms with Crippen molar-refractivity contribution in [2.45, 2.75) is 6.54 Å². The van der Waals surface area contributed by atoms with E-state index in [0.29, 0.717) is 18.0 Å². The highest BCUT2D eigenvalue weighted by Crippen LogP contribution is 2.35. The Kier molecular flexibility index (Phi) is 3.47. The molecule has 96 valence electrons. The number of aryl methyl sites for hydroxylation is 1. The molecule has 0 saturated carbocycles. The van der Waals surface area contributed by atoms with Crippen molar-refractivity contribution in [3.63, 3.8) is 0 Å². The topological polar surface area (TPSA) is 75.2 Å². The van der Waals surface area contributed by atoms with Crippen molar-refractivity contribution in [2.24, 2.45) is 12.8 Å². The maximum Gasteiger partial charge on any atom is 0.161 e. The van der Waals surface area contributed by atoms with E-state index in [1.807, 2.05) is 19.2 Å². The lowest BCUT2D eigenvalue weighted by molar-refractivity contribution is 0.354. The molecule has 2 rings (SSSR count). The highest BCUT2D eigenvalue weighted by molar-refractivity contribution is 5.68. The highest BCUT2D eigenvalue weighted by Gasteiger charge is 2.14. The minimum absolute atomic E-state index is 0.404. The van der Waals surface area contributed by atoms with E-state index in [-0.39, 0.29) is 0 Å². The Morgan fingerprint density at radius 1 is 1.22 bits per heavy atom. The Morgan fingerprint density at radius 2 is 1.89 bits per heavy atom. The minimum atomic E-state index is 0.404. The summed E-state index contributed by atoms with van der Waals surface area (Å²) < 4.78 is 12.3. The van der Waals surface area contributed by atoms with Crippen LogP contribution in [-0.4, -0.2) is 29.2 Å². The van der Waals surface area contributed by atoms with E-state index >= 15 is 0 Å². The maximum atomic E-state index is 5.78. The molecular formula is C12H16N4O2. The maximum absolute atomic E-state index is 5.78. The van der Waals surface area contributed by atoms with Gasteiger partial charge in [0.25, 0.3) is 0 Å². The molecule has 0 radical (unpaired) electrons. The molecule has 0 aliphatic carbocycles. The molecule has 0 unspecified atom stereocenters. The van der Waals surface area contributed by atoms with Gasteiger partial charge in [0.05, 0.1) is 26.1 Å². The molecule has 0 bridgehead atoms. The Hall–Kier alpha value is -2.08.